The average Bonchev–Trinajstić information content (AvgIpc) is 2.99. The molecule has 0 saturated carbocycles. The van der Waals surface area contributed by atoms with Crippen LogP contribution >= 0.6 is 0 Å². The molecule has 2 heterocycles. The third-order valence-electron chi connectivity index (χ3n) is 3.79. The number of hydrogen-bond acceptors (Lipinski definition) is 6. The van der Waals surface area contributed by atoms with E-state index in [-0.39, 0.29) is 6.92 Å². The Balaban J connectivity index is 2.78. The summed E-state index contributed by atoms with van der Waals surface area (Å²) in [4.78, 5) is 13.2. The van der Waals surface area contributed by atoms with Gasteiger partial charge in [-0.1, -0.05) is 27.5 Å². The number of carbonyl (C=O) groups is 1. The zero-order valence-electron chi connectivity index (χ0n) is 44.7. The summed E-state index contributed by atoms with van der Waals surface area (Å²) in [7, 11) is -2.84. The van der Waals surface area contributed by atoms with Crippen LogP contribution in [0.15, 0.2) is 12.1 Å². The Hall–Kier alpha value is -1.79. The molecule has 30 heavy (non-hydrogen) atoms. The zero-order chi connectivity index (χ0) is 47.3. The molecule has 5 atom stereocenters. The van der Waals surface area contributed by atoms with Crippen molar-refractivity contribution in [2.75, 3.05) is 27.1 Å². The lowest BCUT2D eigenvalue weighted by atomic mass is 9.79. The second-order valence-electron chi connectivity index (χ2n) is 5.88. The number of nitrogens with two attached hydrogens (primary N) is 1. The molecule has 3 rings (SSSR count). The van der Waals surface area contributed by atoms with E-state index in [0.29, 0.717) is 7.11 Å². The molecular formula is C24H38N2O4. The molecule has 1 aromatic rings. The predicted octanol–water partition coefficient (Wildman–Crippen LogP) is 3.56. The second kappa shape index (κ2) is 9.56. The molecule has 6 nitrogen and oxygen atoms in total. The van der Waals surface area contributed by atoms with Gasteiger partial charge in [-0.2, -0.15) is 0 Å². The smallest absolute Gasteiger partial charge is 0.323 e. The van der Waals surface area contributed by atoms with Crippen molar-refractivity contribution < 1.29 is 58.8 Å². The summed E-state index contributed by atoms with van der Waals surface area (Å²) in [6, 6.07) is -12.0. The van der Waals surface area contributed by atoms with Gasteiger partial charge in [0.1, 0.15) is 12.1 Å². The number of ether oxygens (including phenoxy) is 3. The molecule has 0 radical (unpaired) electrons. The molecule has 168 valence electrons. The first-order chi connectivity index (χ1) is 25.5. The Labute approximate surface area is 221 Å². The molecule has 6 heteroatoms. The number of carbonyl (C=O) groups excluding carboxylic acids is 1. The van der Waals surface area contributed by atoms with Crippen LogP contribution in [0.2, 0.25) is 0 Å². The number of benzene rings is 1. The molecule has 4 unspecified atom stereocenters. The van der Waals surface area contributed by atoms with Crippen molar-refractivity contribution >= 4 is 5.97 Å². The first-order valence-electron chi connectivity index (χ1n) is 22.7. The maximum Gasteiger partial charge on any atom is 0.323 e. The summed E-state index contributed by atoms with van der Waals surface area (Å²) < 4.78 is 260. The number of methoxy groups -OCH3 is 2. The van der Waals surface area contributed by atoms with E-state index in [1.54, 1.807) is 0 Å². The number of hydrogen-bond donors (Lipinski definition) is 1. The van der Waals surface area contributed by atoms with Crippen molar-refractivity contribution in [1.82, 2.24) is 4.90 Å². The van der Waals surface area contributed by atoms with Crippen LogP contribution in [-0.2, 0) is 15.9 Å². The number of fused-ring (bicyclic) bond motifs is 3. The van der Waals surface area contributed by atoms with Crippen molar-refractivity contribution in [3.8, 4) is 11.5 Å². The fourth-order valence-corrected chi connectivity index (χ4v) is 2.48. The number of nitrogens with zero attached hydrogens (tertiary/aromatic N) is 1. The molecule has 2 N–H and O–H groups in total. The van der Waals surface area contributed by atoms with Crippen molar-refractivity contribution in [2.24, 2.45) is 23.4 Å². The van der Waals surface area contributed by atoms with Gasteiger partial charge in [-0.25, -0.2) is 0 Å². The molecule has 2 aliphatic heterocycles. The van der Waals surface area contributed by atoms with Crippen LogP contribution in [0.25, 0.3) is 0 Å². The van der Waals surface area contributed by atoms with E-state index in [2.05, 4.69) is 0 Å². The number of rotatable bonds is 7. The Morgan fingerprint density at radius 1 is 1.47 bits per heavy atom. The van der Waals surface area contributed by atoms with E-state index in [1.807, 2.05) is 0 Å². The Morgan fingerprint density at radius 3 is 2.97 bits per heavy atom. The molecule has 0 amide bonds. The lowest BCUT2D eigenvalue weighted by Gasteiger charge is -2.47. The van der Waals surface area contributed by atoms with Crippen LogP contribution in [-0.4, -0.2) is 50.1 Å². The van der Waals surface area contributed by atoms with Gasteiger partial charge in [-0.15, -0.1) is 0 Å². The third kappa shape index (κ3) is 4.75. The fraction of sp³-hybridized carbons (Fsp3) is 0.708. The molecule has 1 fully saturated rings. The molecule has 0 bridgehead atoms. The lowest BCUT2D eigenvalue weighted by Crippen LogP contribution is -2.51. The molecule has 2 aliphatic rings. The van der Waals surface area contributed by atoms with Gasteiger partial charge in [0.05, 0.1) is 23.7 Å². The van der Waals surface area contributed by atoms with Crippen LogP contribution in [0, 0.1) is 17.7 Å². The van der Waals surface area contributed by atoms with E-state index in [0.717, 1.165) is 0 Å². The van der Waals surface area contributed by atoms with Gasteiger partial charge in [0.2, 0.25) is 0 Å². The summed E-state index contributed by atoms with van der Waals surface area (Å²) in [5.74, 6) is -18.6. The number of esters is 1. The zero-order valence-corrected chi connectivity index (χ0v) is 15.7. The Morgan fingerprint density at radius 2 is 2.27 bits per heavy atom. The van der Waals surface area contributed by atoms with Gasteiger partial charge in [-0.05, 0) is 47.7 Å². The fourth-order valence-electron chi connectivity index (χ4n) is 2.48. The van der Waals surface area contributed by atoms with Gasteiger partial charge in [0.15, 0.2) is 11.5 Å². The summed E-state index contributed by atoms with van der Waals surface area (Å²) >= 11 is 0. The molecule has 1 aromatic carbocycles. The maximum atomic E-state index is 14.0. The first-order valence-corrected chi connectivity index (χ1v) is 8.20. The van der Waals surface area contributed by atoms with Crippen LogP contribution < -0.4 is 15.2 Å². The van der Waals surface area contributed by atoms with Crippen LogP contribution in [0.3, 0.4) is 0 Å². The normalized spacial score (nSPS) is 56.2. The Bertz CT molecular complexity index is 1850. The van der Waals surface area contributed by atoms with Crippen molar-refractivity contribution in [1.29, 1.82) is 0 Å². The van der Waals surface area contributed by atoms with Crippen LogP contribution in [0.1, 0.15) is 97.1 Å². The minimum absolute atomic E-state index is 0.212. The standard InChI is InChI=1S/C24H38N2O4/c1-14(2)9-17-13-26-8-7-16-10-21(28-5)22(29-6)11-18(16)19(26)12-20(17)30-24(27)23(25)15(3)4/h10-11,14-15,17,19-20,23H,7-9,12-13,25H2,1-6H3/t17?,19?,20?,23-/m0/s1/i1D3,3D3,4D3,5D3,7D2,8D2,9D2,10D,11D,12D2,13D2,14D,15D,17D,19D,23D/t14?,17?,19?,20?,23-. The second-order valence-corrected chi connectivity index (χ2v) is 5.88. The van der Waals surface area contributed by atoms with Crippen molar-refractivity contribution in [3.05, 3.63) is 23.2 Å². The molecule has 0 aromatic heterocycles. The van der Waals surface area contributed by atoms with E-state index in [4.69, 9.17) is 51.5 Å². The van der Waals surface area contributed by atoms with Crippen LogP contribution in [0.5, 0.6) is 11.5 Å². The van der Waals surface area contributed by atoms with Crippen LogP contribution in [0.4, 0.5) is 0 Å². The highest BCUT2D eigenvalue weighted by molar-refractivity contribution is 5.76. The molecule has 0 aliphatic carbocycles. The molecule has 1 saturated heterocycles. The Kier molecular flexibility index (Phi) is 1.90. The monoisotopic (exact) mass is 447 g/mol. The summed E-state index contributed by atoms with van der Waals surface area (Å²) in [6.45, 7) is -21.5. The first kappa shape index (κ1) is 5.96. The number of piperidine rings is 1. The molecular weight excluding hydrogens is 380 g/mol. The third-order valence-corrected chi connectivity index (χ3v) is 3.79. The topological polar surface area (TPSA) is 74.0 Å². The van der Waals surface area contributed by atoms with E-state index in [9.17, 15) is 13.0 Å². The summed E-state index contributed by atoms with van der Waals surface area (Å²) in [5, 5.41) is 0. The van der Waals surface area contributed by atoms with E-state index in [1.165, 1.54) is 0 Å². The van der Waals surface area contributed by atoms with Crippen molar-refractivity contribution in [3.63, 3.8) is 0 Å². The highest BCUT2D eigenvalue weighted by atomic mass is 16.5. The SMILES string of the molecule is [2H]c1c(OC([2H])([2H])[2H])c(OC)c([2H])c2c1C([2H])([2H])C([2H])([2H])N1C([2H])([2H])C([2H])(C([2H])([2H])C([2H])(C)C([2H])([2H])[2H])C(OC(=O)[C@@]([2H])(N)C([2H])(C([2H])([2H])[2H])C([2H])([2H])[2H])C([2H])([2H])C21[2H]. The molecule has 0 spiro atoms. The van der Waals surface area contributed by atoms with Gasteiger partial charge < -0.3 is 19.9 Å². The van der Waals surface area contributed by atoms with E-state index < -0.39 is 141 Å². The predicted molar refractivity (Wildman–Crippen MR) is 118 cm³/mol. The highest BCUT2D eigenvalue weighted by Gasteiger charge is 2.41. The van der Waals surface area contributed by atoms with Gasteiger partial charge in [0.25, 0.3) is 0 Å². The minimum Gasteiger partial charge on any atom is -0.493 e. The average molecular weight is 448 g/mol. The maximum absolute atomic E-state index is 14.0. The highest BCUT2D eigenvalue weighted by Crippen LogP contribution is 2.44. The largest absolute Gasteiger partial charge is 0.493 e. The minimum atomic E-state index is -4.79. The van der Waals surface area contributed by atoms with Gasteiger partial charge in [-0.3, -0.25) is 9.69 Å². The van der Waals surface area contributed by atoms with Crippen molar-refractivity contribution in [2.45, 2.75) is 64.7 Å². The quantitative estimate of drug-likeness (QED) is 0.644. The van der Waals surface area contributed by atoms with Gasteiger partial charge >= 0.3 is 5.97 Å². The summed E-state index contributed by atoms with van der Waals surface area (Å²) in [6.07, 6.45) is -17.3. The van der Waals surface area contributed by atoms with E-state index >= 15 is 0 Å². The van der Waals surface area contributed by atoms with Gasteiger partial charge in [0, 0.05) is 61.4 Å². The lowest BCUT2D eigenvalue weighted by molar-refractivity contribution is -0.160. The summed E-state index contributed by atoms with van der Waals surface area (Å²) in [5.41, 5.74) is 2.31.